The van der Waals surface area contributed by atoms with Crippen LogP contribution in [-0.4, -0.2) is 31.6 Å². The summed E-state index contributed by atoms with van der Waals surface area (Å²) in [6.07, 6.45) is 3.51. The van der Waals surface area contributed by atoms with E-state index in [0.29, 0.717) is 0 Å². The lowest BCUT2D eigenvalue weighted by Crippen LogP contribution is -2.41. The maximum atomic E-state index is 2.49. The number of para-hydroxylation sites is 1. The third-order valence-electron chi connectivity index (χ3n) is 5.41. The van der Waals surface area contributed by atoms with Crippen LogP contribution in [0.2, 0.25) is 0 Å². The lowest BCUT2D eigenvalue weighted by molar-refractivity contribution is -0.708. The fourth-order valence-corrected chi connectivity index (χ4v) is 4.89. The minimum absolute atomic E-state index is 1.09. The fourth-order valence-electron chi connectivity index (χ4n) is 3.78. The van der Waals surface area contributed by atoms with Gasteiger partial charge in [0, 0.05) is 50.9 Å². The highest BCUT2D eigenvalue weighted by molar-refractivity contribution is 8.03. The zero-order valence-corrected chi connectivity index (χ0v) is 18.1. The van der Waals surface area contributed by atoms with Gasteiger partial charge in [-0.25, -0.2) is 4.57 Å². The van der Waals surface area contributed by atoms with Crippen LogP contribution < -0.4 is 9.47 Å². The second-order valence-corrected chi connectivity index (χ2v) is 8.28. The number of rotatable bonds is 7. The second kappa shape index (κ2) is 8.94. The first kappa shape index (κ1) is 20.0. The molecule has 0 radical (unpaired) electrons. The van der Waals surface area contributed by atoms with Gasteiger partial charge in [0.1, 0.15) is 6.54 Å². The summed E-state index contributed by atoms with van der Waals surface area (Å²) in [4.78, 5) is 6.12. The molecule has 3 rings (SSSR count). The summed E-state index contributed by atoms with van der Waals surface area (Å²) in [5, 5.41) is 1.29. The molecule has 2 heterocycles. The van der Waals surface area contributed by atoms with Gasteiger partial charge >= 0.3 is 0 Å². The highest BCUT2D eigenvalue weighted by Gasteiger charge is 2.21. The Bertz CT molecular complexity index is 801. The van der Waals surface area contributed by atoms with E-state index in [4.69, 9.17) is 0 Å². The van der Waals surface area contributed by atoms with Crippen molar-refractivity contribution in [3.8, 4) is 0 Å². The smallest absolute Gasteiger partial charge is 0.179 e. The molecule has 1 aromatic heterocycles. The molecule has 0 unspecified atom stereocenters. The molecule has 1 aliphatic rings. The van der Waals surface area contributed by atoms with Gasteiger partial charge < -0.3 is 9.80 Å². The predicted octanol–water partition coefficient (Wildman–Crippen LogP) is 4.86. The zero-order valence-electron chi connectivity index (χ0n) is 17.3. The van der Waals surface area contributed by atoms with E-state index in [1.165, 1.54) is 45.5 Å². The first-order valence-electron chi connectivity index (χ1n) is 9.99. The van der Waals surface area contributed by atoms with Gasteiger partial charge in [-0.2, -0.15) is 0 Å². The lowest BCUT2D eigenvalue weighted by Gasteiger charge is -2.17. The van der Waals surface area contributed by atoms with Gasteiger partial charge in [-0.1, -0.05) is 37.7 Å². The van der Waals surface area contributed by atoms with E-state index in [-0.39, 0.29) is 0 Å². The number of aromatic nitrogens is 1. The number of benzene rings is 1. The van der Waals surface area contributed by atoms with Gasteiger partial charge in [-0.3, -0.25) is 0 Å². The van der Waals surface area contributed by atoms with E-state index in [9.17, 15) is 0 Å². The summed E-state index contributed by atoms with van der Waals surface area (Å²) in [6.45, 7) is 13.5. The van der Waals surface area contributed by atoms with Gasteiger partial charge in [0.05, 0.1) is 10.7 Å². The van der Waals surface area contributed by atoms with Gasteiger partial charge in [0.2, 0.25) is 0 Å². The highest BCUT2D eigenvalue weighted by atomic mass is 32.2. The van der Waals surface area contributed by atoms with E-state index < -0.39 is 0 Å². The number of aryl methyl sites for hydroxylation is 2. The monoisotopic (exact) mass is 382 g/mol. The topological polar surface area (TPSA) is 10.4 Å². The molecule has 144 valence electrons. The molecule has 0 atom stereocenters. The van der Waals surface area contributed by atoms with Crippen molar-refractivity contribution in [1.29, 1.82) is 0 Å². The van der Waals surface area contributed by atoms with Gasteiger partial charge in [-0.05, 0) is 36.9 Å². The molecule has 27 heavy (non-hydrogen) atoms. The number of pyridine rings is 1. The van der Waals surface area contributed by atoms with E-state index in [2.05, 4.69) is 91.6 Å². The molecule has 0 saturated heterocycles. The van der Waals surface area contributed by atoms with E-state index in [1.807, 2.05) is 11.8 Å². The maximum absolute atomic E-state index is 2.49. The van der Waals surface area contributed by atoms with E-state index in [0.717, 1.165) is 19.6 Å². The summed E-state index contributed by atoms with van der Waals surface area (Å²) >= 11 is 1.85. The second-order valence-electron chi connectivity index (χ2n) is 7.21. The normalized spacial score (nSPS) is 15.0. The number of hydrogen-bond donors (Lipinski definition) is 0. The number of nitrogens with zero attached hydrogens (tertiary/aromatic N) is 3. The Kier molecular flexibility index (Phi) is 6.61. The van der Waals surface area contributed by atoms with Gasteiger partial charge in [0.15, 0.2) is 11.4 Å². The number of thioether (sulfide) groups is 1. The molecule has 0 fully saturated rings. The molecule has 0 aliphatic carbocycles. The summed E-state index contributed by atoms with van der Waals surface area (Å²) in [5.74, 6) is 0. The summed E-state index contributed by atoms with van der Waals surface area (Å²) in [6, 6.07) is 13.2. The minimum atomic E-state index is 1.09. The minimum Gasteiger partial charge on any atom is -0.338 e. The van der Waals surface area contributed by atoms with Crippen molar-refractivity contribution in [1.82, 2.24) is 4.90 Å². The van der Waals surface area contributed by atoms with Crippen molar-refractivity contribution in [3.05, 3.63) is 58.4 Å². The quantitative estimate of drug-likeness (QED) is 0.633. The standard InChI is InChI=1S/C23H32N3S/c1-6-25(7-2)13-10-14-26-18(3)15-20(16-19(26)4)17-23-24(5)21-11-8-9-12-22(21)27-23/h8-9,11-12,15-17H,6-7,10,13-14H2,1-5H3/q+1. The van der Waals surface area contributed by atoms with Crippen LogP contribution in [0.5, 0.6) is 0 Å². The molecular formula is C23H32N3S+. The van der Waals surface area contributed by atoms with Crippen LogP contribution in [0.1, 0.15) is 37.2 Å². The van der Waals surface area contributed by atoms with Crippen molar-refractivity contribution < 1.29 is 4.57 Å². The fraction of sp³-hybridized carbons (Fsp3) is 0.435. The number of hydrogen-bond acceptors (Lipinski definition) is 3. The van der Waals surface area contributed by atoms with Crippen molar-refractivity contribution >= 4 is 23.5 Å². The molecule has 0 spiro atoms. The third-order valence-corrected chi connectivity index (χ3v) is 6.58. The first-order valence-corrected chi connectivity index (χ1v) is 10.8. The van der Waals surface area contributed by atoms with Crippen molar-refractivity contribution in [2.45, 2.75) is 45.6 Å². The van der Waals surface area contributed by atoms with E-state index >= 15 is 0 Å². The molecule has 1 aromatic carbocycles. The SMILES string of the molecule is CCN(CC)CCC[n+]1c(C)cc(/C=C2/Sc3ccccc3N2C)cc1C. The zero-order chi connectivity index (χ0) is 19.4. The Labute approximate surface area is 168 Å². The predicted molar refractivity (Wildman–Crippen MR) is 117 cm³/mol. The maximum Gasteiger partial charge on any atom is 0.179 e. The summed E-state index contributed by atoms with van der Waals surface area (Å²) in [7, 11) is 2.15. The van der Waals surface area contributed by atoms with Gasteiger partial charge in [-0.15, -0.1) is 0 Å². The Hall–Kier alpha value is -1.78. The van der Waals surface area contributed by atoms with Crippen molar-refractivity contribution in [2.75, 3.05) is 31.6 Å². The molecule has 0 amide bonds. The number of fused-ring (bicyclic) bond motifs is 1. The van der Waals surface area contributed by atoms with Crippen molar-refractivity contribution in [2.24, 2.45) is 0 Å². The molecule has 0 bridgehead atoms. The van der Waals surface area contributed by atoms with Crippen LogP contribution in [0.4, 0.5) is 5.69 Å². The van der Waals surface area contributed by atoms with Crippen molar-refractivity contribution in [3.63, 3.8) is 0 Å². The first-order chi connectivity index (χ1) is 13.0. The van der Waals surface area contributed by atoms with Crippen LogP contribution in [0.25, 0.3) is 6.08 Å². The Balaban J connectivity index is 1.74. The molecule has 0 saturated carbocycles. The summed E-state index contributed by atoms with van der Waals surface area (Å²) < 4.78 is 2.45. The average Bonchev–Trinajstić information content (AvgIpc) is 2.97. The van der Waals surface area contributed by atoms with Gasteiger partial charge in [0.25, 0.3) is 0 Å². The van der Waals surface area contributed by atoms with Crippen LogP contribution in [0.3, 0.4) is 0 Å². The molecule has 3 nitrogen and oxygen atoms in total. The van der Waals surface area contributed by atoms with Crippen LogP contribution >= 0.6 is 11.8 Å². The Morgan fingerprint density at radius 3 is 2.37 bits per heavy atom. The lowest BCUT2D eigenvalue weighted by atomic mass is 10.1. The summed E-state index contributed by atoms with van der Waals surface area (Å²) in [5.41, 5.74) is 5.26. The van der Waals surface area contributed by atoms with E-state index in [1.54, 1.807) is 0 Å². The third kappa shape index (κ3) is 4.56. The largest absolute Gasteiger partial charge is 0.338 e. The van der Waals surface area contributed by atoms with Crippen LogP contribution in [0.15, 0.2) is 46.3 Å². The Morgan fingerprint density at radius 1 is 1.07 bits per heavy atom. The molecule has 4 heteroatoms. The molecule has 1 aliphatic heterocycles. The molecular weight excluding hydrogens is 350 g/mol. The van der Waals surface area contributed by atoms with Crippen LogP contribution in [0, 0.1) is 13.8 Å². The van der Waals surface area contributed by atoms with Crippen LogP contribution in [-0.2, 0) is 6.54 Å². The Morgan fingerprint density at radius 2 is 1.74 bits per heavy atom. The average molecular weight is 383 g/mol. The highest BCUT2D eigenvalue weighted by Crippen LogP contribution is 2.45. The number of anilines is 1. The molecule has 2 aromatic rings. The molecule has 0 N–H and O–H groups in total.